The van der Waals surface area contributed by atoms with E-state index in [0.29, 0.717) is 28.6 Å². The number of ether oxygens (including phenoxy) is 1. The topological polar surface area (TPSA) is 76.1 Å². The van der Waals surface area contributed by atoms with E-state index in [-0.39, 0.29) is 0 Å². The lowest BCUT2D eigenvalue weighted by Gasteiger charge is -2.11. The molecule has 1 heterocycles. The van der Waals surface area contributed by atoms with Gasteiger partial charge in [0.05, 0.1) is 18.2 Å². The molecule has 0 saturated heterocycles. The maximum atomic E-state index is 12.6. The second-order valence-electron chi connectivity index (χ2n) is 5.69. The second kappa shape index (κ2) is 7.95. The first kappa shape index (κ1) is 19.2. The number of carbonyl (C=O) groups is 1. The van der Waals surface area contributed by atoms with Crippen LogP contribution >= 0.6 is 0 Å². The van der Waals surface area contributed by atoms with Gasteiger partial charge in [0, 0.05) is 17.4 Å². The number of esters is 1. The summed E-state index contributed by atoms with van der Waals surface area (Å²) in [5.74, 6) is 0.365. The number of hydrogen-bond donors (Lipinski definition) is 2. The van der Waals surface area contributed by atoms with Crippen LogP contribution in [0.5, 0.6) is 0 Å². The minimum atomic E-state index is -4.39. The average molecular weight is 388 g/mol. The zero-order valence-corrected chi connectivity index (χ0v) is 14.6. The van der Waals surface area contributed by atoms with Gasteiger partial charge in [0.1, 0.15) is 18.0 Å². The quantitative estimate of drug-likeness (QED) is 0.614. The molecule has 144 valence electrons. The van der Waals surface area contributed by atoms with E-state index in [2.05, 4.69) is 25.3 Å². The number of carbonyl (C=O) groups excluding carboxylic acids is 1. The summed E-state index contributed by atoms with van der Waals surface area (Å²) in [6.07, 6.45) is -3.08. The van der Waals surface area contributed by atoms with Crippen LogP contribution in [0, 0.1) is 0 Å². The van der Waals surface area contributed by atoms with Crippen molar-refractivity contribution in [2.75, 3.05) is 17.7 Å². The fourth-order valence-corrected chi connectivity index (χ4v) is 2.37. The van der Waals surface area contributed by atoms with Crippen LogP contribution in [-0.2, 0) is 10.9 Å². The molecule has 0 fully saturated rings. The zero-order valence-electron chi connectivity index (χ0n) is 14.6. The largest absolute Gasteiger partial charge is 0.465 e. The number of nitrogens with one attached hydrogen (secondary N) is 2. The molecule has 28 heavy (non-hydrogen) atoms. The van der Waals surface area contributed by atoms with E-state index >= 15 is 0 Å². The Labute approximate surface area is 158 Å². The summed E-state index contributed by atoms with van der Waals surface area (Å²) >= 11 is 0. The van der Waals surface area contributed by atoms with E-state index in [1.165, 1.54) is 25.6 Å². The smallest absolute Gasteiger partial charge is 0.416 e. The molecule has 1 aromatic heterocycles. The molecule has 3 rings (SSSR count). The van der Waals surface area contributed by atoms with Crippen LogP contribution in [0.2, 0.25) is 0 Å². The van der Waals surface area contributed by atoms with E-state index in [4.69, 9.17) is 0 Å². The van der Waals surface area contributed by atoms with Crippen LogP contribution in [0.1, 0.15) is 15.9 Å². The molecule has 2 N–H and O–H groups in total. The average Bonchev–Trinajstić information content (AvgIpc) is 2.67. The number of benzene rings is 2. The van der Waals surface area contributed by atoms with Crippen LogP contribution in [0.15, 0.2) is 60.9 Å². The van der Waals surface area contributed by atoms with Gasteiger partial charge in [-0.15, -0.1) is 0 Å². The molecular weight excluding hydrogens is 373 g/mol. The summed E-state index contributed by atoms with van der Waals surface area (Å²) in [6.45, 7) is 0. The number of alkyl halides is 3. The highest BCUT2D eigenvalue weighted by Gasteiger charge is 2.29. The molecule has 2 aromatic carbocycles. The summed E-state index contributed by atoms with van der Waals surface area (Å²) in [6, 6.07) is 12.9. The van der Waals surface area contributed by atoms with Crippen LogP contribution in [-0.4, -0.2) is 23.0 Å². The number of aromatic nitrogens is 2. The molecule has 0 radical (unpaired) electrons. The highest BCUT2D eigenvalue weighted by molar-refractivity contribution is 5.90. The molecule has 0 saturated carbocycles. The van der Waals surface area contributed by atoms with E-state index in [0.717, 1.165) is 12.1 Å². The molecule has 0 bridgehead atoms. The molecule has 0 atom stereocenters. The summed E-state index contributed by atoms with van der Waals surface area (Å²) in [5, 5.41) is 5.95. The van der Waals surface area contributed by atoms with E-state index in [1.54, 1.807) is 30.3 Å². The lowest BCUT2D eigenvalue weighted by Crippen LogP contribution is -2.04. The Morgan fingerprint density at radius 2 is 1.57 bits per heavy atom. The van der Waals surface area contributed by atoms with Crippen molar-refractivity contribution in [3.05, 3.63) is 72.1 Å². The van der Waals surface area contributed by atoms with Gasteiger partial charge in [-0.05, 0) is 42.5 Å². The van der Waals surface area contributed by atoms with Gasteiger partial charge in [-0.25, -0.2) is 14.8 Å². The van der Waals surface area contributed by atoms with E-state index < -0.39 is 17.7 Å². The number of halogens is 3. The molecule has 3 aromatic rings. The summed E-state index contributed by atoms with van der Waals surface area (Å²) in [7, 11) is 1.30. The normalized spacial score (nSPS) is 11.0. The number of nitrogens with zero attached hydrogens (tertiary/aromatic N) is 2. The monoisotopic (exact) mass is 388 g/mol. The maximum Gasteiger partial charge on any atom is 0.416 e. The maximum absolute atomic E-state index is 12.6. The Kier molecular flexibility index (Phi) is 5.44. The Bertz CT molecular complexity index is 975. The minimum absolute atomic E-state index is 0.379. The van der Waals surface area contributed by atoms with Gasteiger partial charge >= 0.3 is 12.1 Å². The van der Waals surface area contributed by atoms with Gasteiger partial charge in [0.2, 0.25) is 0 Å². The van der Waals surface area contributed by atoms with Crippen molar-refractivity contribution < 1.29 is 22.7 Å². The second-order valence-corrected chi connectivity index (χ2v) is 5.69. The molecule has 6 nitrogen and oxygen atoms in total. The molecule has 0 spiro atoms. The first-order chi connectivity index (χ1) is 13.3. The lowest BCUT2D eigenvalue weighted by atomic mass is 10.2. The third-order valence-electron chi connectivity index (χ3n) is 3.71. The van der Waals surface area contributed by atoms with Gasteiger partial charge in [-0.1, -0.05) is 6.07 Å². The number of hydrogen-bond acceptors (Lipinski definition) is 6. The van der Waals surface area contributed by atoms with Gasteiger partial charge < -0.3 is 15.4 Å². The van der Waals surface area contributed by atoms with Crippen LogP contribution < -0.4 is 10.6 Å². The number of methoxy groups -OCH3 is 1. The van der Waals surface area contributed by atoms with Gasteiger partial charge in [-0.2, -0.15) is 13.2 Å². The molecule has 0 unspecified atom stereocenters. The van der Waals surface area contributed by atoms with E-state index in [1.807, 2.05) is 0 Å². The number of anilines is 4. The van der Waals surface area contributed by atoms with Crippen molar-refractivity contribution in [1.82, 2.24) is 9.97 Å². The first-order valence-corrected chi connectivity index (χ1v) is 8.07. The van der Waals surface area contributed by atoms with Crippen molar-refractivity contribution in [1.29, 1.82) is 0 Å². The third kappa shape index (κ3) is 4.76. The fraction of sp³-hybridized carbons (Fsp3) is 0.105. The Hall–Kier alpha value is -3.62. The fourth-order valence-electron chi connectivity index (χ4n) is 2.37. The van der Waals surface area contributed by atoms with Crippen molar-refractivity contribution >= 4 is 29.0 Å². The highest BCUT2D eigenvalue weighted by Crippen LogP contribution is 2.30. The molecule has 9 heteroatoms. The standard InChI is InChI=1S/C19H15F3N4O2/c1-28-18(27)12-3-2-4-15(9-12)26-17-10-16(23-11-24-17)25-14-7-5-13(6-8-14)19(20,21)22/h2-11H,1H3,(H2,23,24,25,26). The highest BCUT2D eigenvalue weighted by atomic mass is 19.4. The lowest BCUT2D eigenvalue weighted by molar-refractivity contribution is -0.137. The molecule has 0 aliphatic heterocycles. The zero-order chi connectivity index (χ0) is 20.1. The van der Waals surface area contributed by atoms with Gasteiger partial charge in [0.15, 0.2) is 0 Å². The molecule has 0 amide bonds. The number of rotatable bonds is 5. The SMILES string of the molecule is COC(=O)c1cccc(Nc2cc(Nc3ccc(C(F)(F)F)cc3)ncn2)c1. The van der Waals surface area contributed by atoms with Crippen molar-refractivity contribution in [2.24, 2.45) is 0 Å². The van der Waals surface area contributed by atoms with Crippen molar-refractivity contribution in [3.8, 4) is 0 Å². The minimum Gasteiger partial charge on any atom is -0.465 e. The Morgan fingerprint density at radius 1 is 0.929 bits per heavy atom. The molecular formula is C19H15F3N4O2. The van der Waals surface area contributed by atoms with Gasteiger partial charge in [-0.3, -0.25) is 0 Å². The predicted octanol–water partition coefficient (Wildman–Crippen LogP) is 4.77. The van der Waals surface area contributed by atoms with Crippen molar-refractivity contribution in [2.45, 2.75) is 6.18 Å². The first-order valence-electron chi connectivity index (χ1n) is 8.07. The van der Waals surface area contributed by atoms with Crippen LogP contribution in [0.25, 0.3) is 0 Å². The third-order valence-corrected chi connectivity index (χ3v) is 3.71. The Balaban J connectivity index is 1.73. The van der Waals surface area contributed by atoms with E-state index in [9.17, 15) is 18.0 Å². The van der Waals surface area contributed by atoms with Crippen LogP contribution in [0.4, 0.5) is 36.2 Å². The summed E-state index contributed by atoms with van der Waals surface area (Å²) in [5.41, 5.74) is 0.714. The summed E-state index contributed by atoms with van der Waals surface area (Å²) < 4.78 is 42.6. The molecule has 0 aliphatic rings. The van der Waals surface area contributed by atoms with Crippen LogP contribution in [0.3, 0.4) is 0 Å². The molecule has 0 aliphatic carbocycles. The predicted molar refractivity (Wildman–Crippen MR) is 97.8 cm³/mol. The summed E-state index contributed by atoms with van der Waals surface area (Å²) in [4.78, 5) is 19.7. The van der Waals surface area contributed by atoms with Crippen molar-refractivity contribution in [3.63, 3.8) is 0 Å². The Morgan fingerprint density at radius 3 is 2.18 bits per heavy atom. The van der Waals surface area contributed by atoms with Gasteiger partial charge in [0.25, 0.3) is 0 Å².